The van der Waals surface area contributed by atoms with Crippen LogP contribution in [0.4, 0.5) is 4.79 Å². The predicted octanol–water partition coefficient (Wildman–Crippen LogP) is 3.29. The van der Waals surface area contributed by atoms with Crippen molar-refractivity contribution in [3.63, 3.8) is 0 Å². The second-order valence-electron chi connectivity index (χ2n) is 6.15. The molecule has 1 spiro atoms. The van der Waals surface area contributed by atoms with Gasteiger partial charge in [-0.25, -0.2) is 9.78 Å². The van der Waals surface area contributed by atoms with Gasteiger partial charge in [0.2, 0.25) is 0 Å². The number of thiazole rings is 1. The first-order valence-corrected chi connectivity index (χ1v) is 9.01. The third kappa shape index (κ3) is 3.01. The number of urea groups is 1. The molecule has 1 N–H and O–H groups in total. The highest BCUT2D eigenvalue weighted by molar-refractivity contribution is 7.09. The van der Waals surface area contributed by atoms with Crippen molar-refractivity contribution in [2.75, 3.05) is 13.1 Å². The van der Waals surface area contributed by atoms with Crippen LogP contribution in [0.3, 0.4) is 0 Å². The van der Waals surface area contributed by atoms with Crippen molar-refractivity contribution in [2.24, 2.45) is 0 Å². The Hall–Kier alpha value is -2.34. The number of ether oxygens (including phenoxy) is 1. The van der Waals surface area contributed by atoms with Crippen LogP contribution in [0, 0.1) is 0 Å². The van der Waals surface area contributed by atoms with E-state index in [1.165, 1.54) is 0 Å². The molecule has 2 aromatic rings. The molecule has 1 atom stereocenters. The molecular weight excluding hydrogens is 322 g/mol. The average Bonchev–Trinajstić information content (AvgIpc) is 3.13. The van der Waals surface area contributed by atoms with Crippen molar-refractivity contribution < 1.29 is 9.53 Å². The molecule has 1 fully saturated rings. The molecule has 1 aromatic heterocycles. The van der Waals surface area contributed by atoms with Gasteiger partial charge in [-0.2, -0.15) is 0 Å². The number of aromatic nitrogens is 1. The van der Waals surface area contributed by atoms with E-state index in [2.05, 4.69) is 22.5 Å². The van der Waals surface area contributed by atoms with Crippen molar-refractivity contribution in [3.05, 3.63) is 52.5 Å². The van der Waals surface area contributed by atoms with E-state index in [1.807, 2.05) is 34.5 Å². The lowest BCUT2D eigenvalue weighted by Crippen LogP contribution is -2.55. The first kappa shape index (κ1) is 15.2. The molecule has 2 amide bonds. The van der Waals surface area contributed by atoms with Gasteiger partial charge in [-0.15, -0.1) is 11.3 Å². The van der Waals surface area contributed by atoms with Gasteiger partial charge in [0.15, 0.2) is 0 Å². The maximum Gasteiger partial charge on any atom is 0.317 e. The first-order valence-electron chi connectivity index (χ1n) is 8.13. The third-order valence-electron chi connectivity index (χ3n) is 4.45. The fourth-order valence-electron chi connectivity index (χ4n) is 3.25. The van der Waals surface area contributed by atoms with Crippen LogP contribution in [0.5, 0.6) is 5.75 Å². The quantitative estimate of drug-likeness (QED) is 0.912. The molecular formula is C18H19N3O2S. The second kappa shape index (κ2) is 6.28. The monoisotopic (exact) mass is 341 g/mol. The van der Waals surface area contributed by atoms with E-state index in [0.29, 0.717) is 13.1 Å². The third-order valence-corrected chi connectivity index (χ3v) is 5.23. The van der Waals surface area contributed by atoms with Gasteiger partial charge in [0.25, 0.3) is 0 Å². The Bertz CT molecular complexity index is 759. The summed E-state index contributed by atoms with van der Waals surface area (Å²) in [6, 6.07) is 7.96. The molecule has 124 valence electrons. The Balaban J connectivity index is 1.43. The van der Waals surface area contributed by atoms with Gasteiger partial charge in [-0.3, -0.25) is 0 Å². The zero-order valence-electron chi connectivity index (χ0n) is 13.3. The minimum atomic E-state index is -0.412. The Morgan fingerprint density at radius 1 is 1.42 bits per heavy atom. The van der Waals surface area contributed by atoms with Gasteiger partial charge >= 0.3 is 6.03 Å². The lowest BCUT2D eigenvalue weighted by Gasteiger charge is -2.42. The molecule has 0 aliphatic carbocycles. The smallest absolute Gasteiger partial charge is 0.317 e. The number of rotatable bonds is 2. The van der Waals surface area contributed by atoms with E-state index in [-0.39, 0.29) is 6.03 Å². The number of carbonyl (C=O) groups excluding carboxylic acids is 1. The molecule has 0 saturated carbocycles. The summed E-state index contributed by atoms with van der Waals surface area (Å²) in [5.74, 6) is 0.894. The molecule has 2 aliphatic heterocycles. The number of nitrogens with zero attached hydrogens (tertiary/aromatic N) is 2. The Morgan fingerprint density at radius 3 is 3.21 bits per heavy atom. The summed E-state index contributed by atoms with van der Waals surface area (Å²) < 4.78 is 6.27. The van der Waals surface area contributed by atoms with Gasteiger partial charge in [-0.05, 0) is 25.0 Å². The number of amides is 2. The molecule has 5 nitrogen and oxygen atoms in total. The lowest BCUT2D eigenvalue weighted by molar-refractivity contribution is 0.0414. The van der Waals surface area contributed by atoms with Crippen LogP contribution in [0.2, 0.25) is 0 Å². The summed E-state index contributed by atoms with van der Waals surface area (Å²) in [6.45, 7) is 1.80. The number of likely N-dealkylation sites (tertiary alicyclic amines) is 1. The van der Waals surface area contributed by atoms with Crippen LogP contribution in [0.1, 0.15) is 23.4 Å². The highest BCUT2D eigenvalue weighted by Crippen LogP contribution is 2.35. The number of hydrogen-bond donors (Lipinski definition) is 1. The van der Waals surface area contributed by atoms with E-state index in [1.54, 1.807) is 17.5 Å². The van der Waals surface area contributed by atoms with Crippen molar-refractivity contribution >= 4 is 23.4 Å². The number of hydrogen-bond acceptors (Lipinski definition) is 4. The fraction of sp³-hybridized carbons (Fsp3) is 0.333. The largest absolute Gasteiger partial charge is 0.481 e. The Labute approximate surface area is 145 Å². The lowest BCUT2D eigenvalue weighted by atomic mass is 9.89. The highest BCUT2D eigenvalue weighted by atomic mass is 32.1. The summed E-state index contributed by atoms with van der Waals surface area (Å²) in [7, 11) is 0. The zero-order valence-corrected chi connectivity index (χ0v) is 14.1. The van der Waals surface area contributed by atoms with Crippen molar-refractivity contribution in [2.45, 2.75) is 25.0 Å². The molecule has 2 aliphatic rings. The van der Waals surface area contributed by atoms with E-state index in [0.717, 1.165) is 35.7 Å². The van der Waals surface area contributed by atoms with Crippen LogP contribution >= 0.6 is 11.3 Å². The van der Waals surface area contributed by atoms with Gasteiger partial charge in [0.05, 0.1) is 13.1 Å². The fourth-order valence-corrected chi connectivity index (χ4v) is 3.81. The van der Waals surface area contributed by atoms with E-state index >= 15 is 0 Å². The first-order chi connectivity index (χ1) is 11.7. The standard InChI is InChI=1S/C18H19N3O2S/c22-17(20-12-16-19-9-11-24-16)21-10-3-7-18(13-21)8-6-14-4-1-2-5-15(14)23-18/h1-2,4-6,8-9,11H,3,7,10,12-13H2,(H,20,22). The van der Waals surface area contributed by atoms with Gasteiger partial charge < -0.3 is 15.0 Å². The number of fused-ring (bicyclic) bond motifs is 1. The molecule has 0 bridgehead atoms. The number of piperidine rings is 1. The number of carbonyl (C=O) groups is 1. The minimum Gasteiger partial charge on any atom is -0.481 e. The van der Waals surface area contributed by atoms with Crippen molar-refractivity contribution in [1.82, 2.24) is 15.2 Å². The number of nitrogens with one attached hydrogen (secondary N) is 1. The molecule has 3 heterocycles. The van der Waals surface area contributed by atoms with E-state index in [9.17, 15) is 4.79 Å². The number of benzene rings is 1. The molecule has 4 rings (SSSR count). The minimum absolute atomic E-state index is 0.0554. The summed E-state index contributed by atoms with van der Waals surface area (Å²) in [6.07, 6.45) is 7.82. The molecule has 1 saturated heterocycles. The Morgan fingerprint density at radius 2 is 2.33 bits per heavy atom. The van der Waals surface area contributed by atoms with E-state index in [4.69, 9.17) is 4.74 Å². The van der Waals surface area contributed by atoms with Crippen LogP contribution < -0.4 is 10.1 Å². The van der Waals surface area contributed by atoms with Crippen LogP contribution in [0.25, 0.3) is 6.08 Å². The number of para-hydroxylation sites is 1. The summed E-state index contributed by atoms with van der Waals surface area (Å²) in [5.41, 5.74) is 0.680. The van der Waals surface area contributed by atoms with Crippen molar-refractivity contribution in [1.29, 1.82) is 0 Å². The van der Waals surface area contributed by atoms with Gasteiger partial charge in [0, 0.05) is 23.7 Å². The van der Waals surface area contributed by atoms with Gasteiger partial charge in [0.1, 0.15) is 16.4 Å². The topological polar surface area (TPSA) is 54.5 Å². The SMILES string of the molecule is O=C(NCc1nccs1)N1CCCC2(C=Cc3ccccc3O2)C1. The zero-order chi connectivity index (χ0) is 16.4. The van der Waals surface area contributed by atoms with Crippen LogP contribution in [-0.2, 0) is 6.54 Å². The Kier molecular flexibility index (Phi) is 3.98. The maximum absolute atomic E-state index is 12.5. The molecule has 1 aromatic carbocycles. The maximum atomic E-state index is 12.5. The summed E-state index contributed by atoms with van der Waals surface area (Å²) >= 11 is 1.55. The normalized spacial score (nSPS) is 22.1. The van der Waals surface area contributed by atoms with Crippen LogP contribution in [-0.4, -0.2) is 34.6 Å². The summed E-state index contributed by atoms with van der Waals surface area (Å²) in [5, 5.41) is 5.78. The van der Waals surface area contributed by atoms with Gasteiger partial charge in [-0.1, -0.05) is 24.3 Å². The van der Waals surface area contributed by atoms with Crippen LogP contribution in [0.15, 0.2) is 41.9 Å². The van der Waals surface area contributed by atoms with Crippen molar-refractivity contribution in [3.8, 4) is 5.75 Å². The molecule has 0 radical (unpaired) electrons. The highest BCUT2D eigenvalue weighted by Gasteiger charge is 2.39. The molecule has 6 heteroatoms. The summed E-state index contributed by atoms with van der Waals surface area (Å²) in [4.78, 5) is 18.5. The molecule has 1 unspecified atom stereocenters. The molecule has 24 heavy (non-hydrogen) atoms. The average molecular weight is 341 g/mol. The predicted molar refractivity (Wildman–Crippen MR) is 94.0 cm³/mol. The van der Waals surface area contributed by atoms with E-state index < -0.39 is 5.60 Å². The second-order valence-corrected chi connectivity index (χ2v) is 7.13.